The van der Waals surface area contributed by atoms with Gasteiger partial charge in [-0.15, -0.1) is 0 Å². The number of para-hydroxylation sites is 1. The maximum atomic E-state index is 12.5. The van der Waals surface area contributed by atoms with Crippen molar-refractivity contribution in [2.45, 2.75) is 6.04 Å². The maximum Gasteiger partial charge on any atom is 0.287 e. The topological polar surface area (TPSA) is 69.3 Å². The number of carbonyl (C=O) groups excluding carboxylic acids is 1. The second-order valence-electron chi connectivity index (χ2n) is 5.15. The maximum absolute atomic E-state index is 12.5. The van der Waals surface area contributed by atoms with E-state index in [9.17, 15) is 4.79 Å². The first-order chi connectivity index (χ1) is 11.6. The molecular formula is C17H16BrN3O3. The van der Waals surface area contributed by atoms with Crippen molar-refractivity contribution in [3.8, 4) is 5.75 Å². The molecule has 1 atom stereocenters. The van der Waals surface area contributed by atoms with E-state index in [0.29, 0.717) is 16.2 Å². The van der Waals surface area contributed by atoms with Crippen molar-refractivity contribution in [1.82, 2.24) is 14.9 Å². The van der Waals surface area contributed by atoms with Gasteiger partial charge in [-0.1, -0.05) is 18.2 Å². The number of aryl methyl sites for hydroxylation is 1. The van der Waals surface area contributed by atoms with Crippen LogP contribution < -0.4 is 10.1 Å². The van der Waals surface area contributed by atoms with Crippen molar-refractivity contribution in [3.63, 3.8) is 0 Å². The Morgan fingerprint density at radius 3 is 2.75 bits per heavy atom. The normalized spacial score (nSPS) is 12.0. The molecule has 0 aliphatic carbocycles. The first kappa shape index (κ1) is 16.3. The monoisotopic (exact) mass is 389 g/mol. The van der Waals surface area contributed by atoms with Gasteiger partial charge in [0.1, 0.15) is 17.6 Å². The summed E-state index contributed by atoms with van der Waals surface area (Å²) in [6, 6.07) is 10.3. The van der Waals surface area contributed by atoms with Gasteiger partial charge < -0.3 is 19.0 Å². The largest absolute Gasteiger partial charge is 0.496 e. The summed E-state index contributed by atoms with van der Waals surface area (Å²) in [7, 11) is 3.47. The first-order valence-electron chi connectivity index (χ1n) is 7.26. The van der Waals surface area contributed by atoms with Gasteiger partial charge >= 0.3 is 0 Å². The Kier molecular flexibility index (Phi) is 4.71. The van der Waals surface area contributed by atoms with E-state index < -0.39 is 6.04 Å². The minimum Gasteiger partial charge on any atom is -0.496 e. The number of ether oxygens (including phenoxy) is 1. The van der Waals surface area contributed by atoms with E-state index in [1.807, 2.05) is 42.1 Å². The molecule has 6 nitrogen and oxygen atoms in total. The Bertz CT molecular complexity index is 856. The fourth-order valence-electron chi connectivity index (χ4n) is 2.48. The summed E-state index contributed by atoms with van der Waals surface area (Å²) in [6.45, 7) is 0. The molecule has 24 heavy (non-hydrogen) atoms. The highest BCUT2D eigenvalue weighted by Crippen LogP contribution is 2.29. The second-order valence-corrected chi connectivity index (χ2v) is 5.93. The summed E-state index contributed by atoms with van der Waals surface area (Å²) >= 11 is 3.20. The number of nitrogens with zero attached hydrogens (tertiary/aromatic N) is 2. The Balaban J connectivity index is 2.00. The molecule has 0 saturated heterocycles. The number of amides is 1. The van der Waals surface area contributed by atoms with E-state index >= 15 is 0 Å². The van der Waals surface area contributed by atoms with Crippen molar-refractivity contribution < 1.29 is 13.9 Å². The third-order valence-corrected chi connectivity index (χ3v) is 4.07. The summed E-state index contributed by atoms with van der Waals surface area (Å²) in [6.07, 6.45) is 3.51. The number of aromatic nitrogens is 2. The van der Waals surface area contributed by atoms with Crippen LogP contribution in [0.1, 0.15) is 28.0 Å². The molecule has 7 heteroatoms. The molecule has 124 valence electrons. The summed E-state index contributed by atoms with van der Waals surface area (Å²) < 4.78 is 13.1. The predicted octanol–water partition coefficient (Wildman–Crippen LogP) is 3.30. The number of hydrogen-bond acceptors (Lipinski definition) is 4. The average Bonchev–Trinajstić information content (AvgIpc) is 3.21. The molecule has 2 aromatic heterocycles. The van der Waals surface area contributed by atoms with Crippen LogP contribution in [0, 0.1) is 0 Å². The molecule has 0 aliphatic rings. The third-order valence-electron chi connectivity index (χ3n) is 3.64. The van der Waals surface area contributed by atoms with Crippen molar-refractivity contribution in [2.75, 3.05) is 7.11 Å². The minimum atomic E-state index is -0.475. The van der Waals surface area contributed by atoms with Gasteiger partial charge in [0.25, 0.3) is 5.91 Å². The van der Waals surface area contributed by atoms with Crippen LogP contribution in [-0.4, -0.2) is 22.6 Å². The number of rotatable bonds is 5. The summed E-state index contributed by atoms with van der Waals surface area (Å²) in [5.74, 6) is 1.25. The van der Waals surface area contributed by atoms with Crippen molar-refractivity contribution in [1.29, 1.82) is 0 Å². The van der Waals surface area contributed by atoms with Crippen LogP contribution in [-0.2, 0) is 7.05 Å². The van der Waals surface area contributed by atoms with E-state index in [1.54, 1.807) is 25.4 Å². The zero-order chi connectivity index (χ0) is 17.1. The van der Waals surface area contributed by atoms with E-state index in [2.05, 4.69) is 26.2 Å². The molecule has 0 spiro atoms. The van der Waals surface area contributed by atoms with Crippen molar-refractivity contribution in [3.05, 3.63) is 70.6 Å². The number of hydrogen-bond donors (Lipinski definition) is 1. The molecule has 3 aromatic rings. The summed E-state index contributed by atoms with van der Waals surface area (Å²) in [5.41, 5.74) is 0.813. The Hall–Kier alpha value is -2.54. The number of halogens is 1. The smallest absolute Gasteiger partial charge is 0.287 e. The van der Waals surface area contributed by atoms with Gasteiger partial charge in [0.15, 0.2) is 10.4 Å². The van der Waals surface area contributed by atoms with Crippen LogP contribution in [0.2, 0.25) is 0 Å². The van der Waals surface area contributed by atoms with Gasteiger partial charge in [0.2, 0.25) is 0 Å². The minimum absolute atomic E-state index is 0.219. The van der Waals surface area contributed by atoms with E-state index in [-0.39, 0.29) is 11.7 Å². The molecule has 0 fully saturated rings. The van der Waals surface area contributed by atoms with Crippen LogP contribution >= 0.6 is 15.9 Å². The number of benzene rings is 1. The molecular weight excluding hydrogens is 374 g/mol. The Morgan fingerprint density at radius 1 is 1.33 bits per heavy atom. The molecule has 1 amide bonds. The molecule has 1 aromatic carbocycles. The van der Waals surface area contributed by atoms with Crippen LogP contribution in [0.15, 0.2) is 57.9 Å². The molecule has 0 bridgehead atoms. The Labute approximate surface area is 147 Å². The van der Waals surface area contributed by atoms with Gasteiger partial charge in [-0.25, -0.2) is 4.98 Å². The number of imidazole rings is 1. The number of carbonyl (C=O) groups is 1. The fourth-order valence-corrected chi connectivity index (χ4v) is 2.79. The highest BCUT2D eigenvalue weighted by molar-refractivity contribution is 9.10. The molecule has 0 unspecified atom stereocenters. The number of furan rings is 1. The quantitative estimate of drug-likeness (QED) is 0.726. The molecule has 0 saturated carbocycles. The lowest BCUT2D eigenvalue weighted by atomic mass is 10.0. The van der Waals surface area contributed by atoms with Gasteiger partial charge in [0, 0.05) is 25.0 Å². The highest BCUT2D eigenvalue weighted by atomic mass is 79.9. The third kappa shape index (κ3) is 3.21. The van der Waals surface area contributed by atoms with E-state index in [1.165, 1.54) is 0 Å². The standard InChI is InChI=1S/C17H16BrN3O3/c1-21-10-9-19-16(21)15(11-5-3-4-6-12(11)23-2)20-17(22)13-7-8-14(18)24-13/h3-10,15H,1-2H3,(H,20,22)/t15-/m1/s1. The molecule has 1 N–H and O–H groups in total. The first-order valence-corrected chi connectivity index (χ1v) is 8.05. The zero-order valence-electron chi connectivity index (χ0n) is 13.2. The summed E-state index contributed by atoms with van der Waals surface area (Å²) in [4.78, 5) is 16.9. The van der Waals surface area contributed by atoms with Crippen LogP contribution in [0.25, 0.3) is 0 Å². The van der Waals surface area contributed by atoms with Gasteiger partial charge in [-0.05, 0) is 34.1 Å². The lowest BCUT2D eigenvalue weighted by molar-refractivity contribution is 0.0911. The molecule has 0 radical (unpaired) electrons. The van der Waals surface area contributed by atoms with E-state index in [4.69, 9.17) is 9.15 Å². The summed E-state index contributed by atoms with van der Waals surface area (Å²) in [5, 5.41) is 2.96. The number of methoxy groups -OCH3 is 1. The molecule has 2 heterocycles. The Morgan fingerprint density at radius 2 is 2.12 bits per heavy atom. The van der Waals surface area contributed by atoms with Crippen LogP contribution in [0.4, 0.5) is 0 Å². The van der Waals surface area contributed by atoms with Crippen LogP contribution in [0.3, 0.4) is 0 Å². The van der Waals surface area contributed by atoms with Crippen LogP contribution in [0.5, 0.6) is 5.75 Å². The molecule has 3 rings (SSSR count). The lowest BCUT2D eigenvalue weighted by Crippen LogP contribution is -2.31. The van der Waals surface area contributed by atoms with Gasteiger partial charge in [0.05, 0.1) is 7.11 Å². The fraction of sp³-hybridized carbons (Fsp3) is 0.176. The van der Waals surface area contributed by atoms with E-state index in [0.717, 1.165) is 5.56 Å². The van der Waals surface area contributed by atoms with Gasteiger partial charge in [-0.2, -0.15) is 0 Å². The van der Waals surface area contributed by atoms with Crippen molar-refractivity contribution in [2.24, 2.45) is 7.05 Å². The average molecular weight is 390 g/mol. The highest BCUT2D eigenvalue weighted by Gasteiger charge is 2.25. The SMILES string of the molecule is COc1ccccc1[C@@H](NC(=O)c1ccc(Br)o1)c1nccn1C. The van der Waals surface area contributed by atoms with Gasteiger partial charge in [-0.3, -0.25) is 4.79 Å². The predicted molar refractivity (Wildman–Crippen MR) is 91.9 cm³/mol. The zero-order valence-corrected chi connectivity index (χ0v) is 14.8. The number of nitrogens with one attached hydrogen (secondary N) is 1. The molecule has 0 aliphatic heterocycles. The lowest BCUT2D eigenvalue weighted by Gasteiger charge is -2.20. The van der Waals surface area contributed by atoms with Crippen molar-refractivity contribution >= 4 is 21.8 Å². The second kappa shape index (κ2) is 6.92.